The van der Waals surface area contributed by atoms with Gasteiger partial charge in [0.05, 0.1) is 22.6 Å². The first kappa shape index (κ1) is 16.2. The number of benzene rings is 1. The summed E-state index contributed by atoms with van der Waals surface area (Å²) in [5, 5.41) is 23.2. The molecule has 0 saturated carbocycles. The fraction of sp³-hybridized carbons (Fsp3) is 0.462. The summed E-state index contributed by atoms with van der Waals surface area (Å²) in [6.45, 7) is 4.45. The number of nitrogens with zero attached hydrogens (tertiary/aromatic N) is 2. The summed E-state index contributed by atoms with van der Waals surface area (Å²) in [4.78, 5) is 10.3. The molecule has 7 heteroatoms. The summed E-state index contributed by atoms with van der Waals surface area (Å²) >= 11 is 5.91. The summed E-state index contributed by atoms with van der Waals surface area (Å²) in [6, 6.07) is 6.50. The molecule has 0 amide bonds. The molecule has 0 aliphatic heterocycles. The van der Waals surface area contributed by atoms with Crippen molar-refractivity contribution in [1.82, 2.24) is 5.32 Å². The number of nitro groups is 1. The zero-order valence-electron chi connectivity index (χ0n) is 11.4. The number of nitrogens with one attached hydrogen (secondary N) is 1. The van der Waals surface area contributed by atoms with Gasteiger partial charge in [-0.15, -0.1) is 0 Å². The van der Waals surface area contributed by atoms with Crippen molar-refractivity contribution in [3.8, 4) is 11.8 Å². The van der Waals surface area contributed by atoms with Gasteiger partial charge in [0.15, 0.2) is 0 Å². The highest BCUT2D eigenvalue weighted by molar-refractivity contribution is 6.32. The van der Waals surface area contributed by atoms with Gasteiger partial charge >= 0.3 is 5.69 Å². The minimum atomic E-state index is -0.731. The molecule has 6 nitrogen and oxygen atoms in total. The van der Waals surface area contributed by atoms with E-state index in [0.29, 0.717) is 13.0 Å². The molecule has 0 heterocycles. The van der Waals surface area contributed by atoms with E-state index < -0.39 is 10.5 Å². The standard InChI is InChI=1S/C13H16ClN3O3/c1-3-16-13(2,9-15)7-8-20-12-10(14)5-4-6-11(12)17(18)19/h4-6,16H,3,7-8H2,1-2H3. The minimum absolute atomic E-state index is 0.0379. The lowest BCUT2D eigenvalue weighted by molar-refractivity contribution is -0.385. The molecule has 1 aromatic rings. The Hall–Kier alpha value is -1.84. The van der Waals surface area contributed by atoms with Crippen LogP contribution in [0.25, 0.3) is 0 Å². The van der Waals surface area contributed by atoms with Gasteiger partial charge in [0.1, 0.15) is 5.54 Å². The summed E-state index contributed by atoms with van der Waals surface area (Å²) in [5.41, 5.74) is -0.912. The SMILES string of the molecule is CCNC(C)(C#N)CCOc1c(Cl)cccc1[N+](=O)[O-]. The van der Waals surface area contributed by atoms with Gasteiger partial charge in [0.2, 0.25) is 5.75 Å². The quantitative estimate of drug-likeness (QED) is 0.617. The number of nitriles is 1. The van der Waals surface area contributed by atoms with E-state index in [1.165, 1.54) is 18.2 Å². The van der Waals surface area contributed by atoms with Crippen molar-refractivity contribution in [3.05, 3.63) is 33.3 Å². The van der Waals surface area contributed by atoms with Crippen LogP contribution in [0.1, 0.15) is 20.3 Å². The molecule has 1 N–H and O–H groups in total. The van der Waals surface area contributed by atoms with E-state index in [2.05, 4.69) is 11.4 Å². The molecular formula is C13H16ClN3O3. The Labute approximate surface area is 122 Å². The van der Waals surface area contributed by atoms with Crippen LogP contribution >= 0.6 is 11.6 Å². The number of halogens is 1. The van der Waals surface area contributed by atoms with Crippen LogP contribution in [0.4, 0.5) is 5.69 Å². The zero-order chi connectivity index (χ0) is 15.2. The number of hydrogen-bond donors (Lipinski definition) is 1. The highest BCUT2D eigenvalue weighted by Gasteiger charge is 2.24. The Morgan fingerprint density at radius 1 is 1.60 bits per heavy atom. The lowest BCUT2D eigenvalue weighted by atomic mass is 10.0. The van der Waals surface area contributed by atoms with E-state index in [0.717, 1.165) is 0 Å². The fourth-order valence-electron chi connectivity index (χ4n) is 1.72. The molecule has 1 atom stereocenters. The molecule has 1 aromatic carbocycles. The molecule has 0 bridgehead atoms. The molecule has 0 spiro atoms. The summed E-state index contributed by atoms with van der Waals surface area (Å²) in [7, 11) is 0. The van der Waals surface area contributed by atoms with Crippen molar-refractivity contribution in [2.75, 3.05) is 13.2 Å². The highest BCUT2D eigenvalue weighted by atomic mass is 35.5. The van der Waals surface area contributed by atoms with E-state index >= 15 is 0 Å². The van der Waals surface area contributed by atoms with Crippen LogP contribution in [0.3, 0.4) is 0 Å². The number of para-hydroxylation sites is 1. The van der Waals surface area contributed by atoms with E-state index in [-0.39, 0.29) is 23.1 Å². The smallest absolute Gasteiger partial charge is 0.312 e. The first-order valence-electron chi connectivity index (χ1n) is 6.15. The highest BCUT2D eigenvalue weighted by Crippen LogP contribution is 2.34. The Balaban J connectivity index is 2.76. The third-order valence-corrected chi connectivity index (χ3v) is 3.10. The van der Waals surface area contributed by atoms with Gasteiger partial charge in [0.25, 0.3) is 0 Å². The third kappa shape index (κ3) is 4.08. The van der Waals surface area contributed by atoms with E-state index in [1.807, 2.05) is 6.92 Å². The van der Waals surface area contributed by atoms with Crippen molar-refractivity contribution < 1.29 is 9.66 Å². The first-order valence-corrected chi connectivity index (χ1v) is 6.53. The number of nitro benzene ring substituents is 1. The predicted molar refractivity (Wildman–Crippen MR) is 75.9 cm³/mol. The molecule has 0 aliphatic carbocycles. The molecule has 0 aliphatic rings. The van der Waals surface area contributed by atoms with Gasteiger partial charge in [-0.25, -0.2) is 0 Å². The van der Waals surface area contributed by atoms with Gasteiger partial charge in [-0.2, -0.15) is 5.26 Å². The second kappa shape index (κ2) is 7.08. The van der Waals surface area contributed by atoms with E-state index in [4.69, 9.17) is 21.6 Å². The predicted octanol–water partition coefficient (Wildman–Crippen LogP) is 2.91. The molecule has 0 radical (unpaired) electrons. The number of rotatable bonds is 7. The maximum Gasteiger partial charge on any atom is 0.312 e. The Morgan fingerprint density at radius 3 is 2.85 bits per heavy atom. The van der Waals surface area contributed by atoms with Gasteiger partial charge in [0, 0.05) is 12.5 Å². The lowest BCUT2D eigenvalue weighted by Crippen LogP contribution is -2.42. The fourth-order valence-corrected chi connectivity index (χ4v) is 1.94. The van der Waals surface area contributed by atoms with Crippen LogP contribution in [0.15, 0.2) is 18.2 Å². The van der Waals surface area contributed by atoms with Crippen molar-refractivity contribution in [1.29, 1.82) is 5.26 Å². The van der Waals surface area contributed by atoms with Crippen molar-refractivity contribution in [2.24, 2.45) is 0 Å². The van der Waals surface area contributed by atoms with E-state index in [1.54, 1.807) is 6.92 Å². The number of hydrogen-bond acceptors (Lipinski definition) is 5. The Morgan fingerprint density at radius 2 is 2.30 bits per heavy atom. The van der Waals surface area contributed by atoms with Crippen LogP contribution < -0.4 is 10.1 Å². The molecule has 0 saturated heterocycles. The van der Waals surface area contributed by atoms with Crippen molar-refractivity contribution in [3.63, 3.8) is 0 Å². The van der Waals surface area contributed by atoms with Gasteiger partial charge < -0.3 is 4.74 Å². The van der Waals surface area contributed by atoms with Crippen molar-refractivity contribution in [2.45, 2.75) is 25.8 Å². The first-order chi connectivity index (χ1) is 9.43. The van der Waals surface area contributed by atoms with Crippen LogP contribution in [-0.4, -0.2) is 23.6 Å². The Bertz CT molecular complexity index is 530. The van der Waals surface area contributed by atoms with Crippen LogP contribution in [0.5, 0.6) is 5.75 Å². The average Bonchev–Trinajstić information content (AvgIpc) is 2.40. The normalized spacial score (nSPS) is 13.3. The maximum atomic E-state index is 10.9. The molecule has 0 fully saturated rings. The molecule has 0 aromatic heterocycles. The second-order valence-electron chi connectivity index (χ2n) is 4.42. The van der Waals surface area contributed by atoms with Gasteiger partial charge in [-0.05, 0) is 19.5 Å². The maximum absolute atomic E-state index is 10.9. The topological polar surface area (TPSA) is 88.2 Å². The second-order valence-corrected chi connectivity index (χ2v) is 4.83. The summed E-state index contributed by atoms with van der Waals surface area (Å²) < 4.78 is 5.41. The molecular weight excluding hydrogens is 282 g/mol. The van der Waals surface area contributed by atoms with Gasteiger partial charge in [-0.3, -0.25) is 15.4 Å². The van der Waals surface area contributed by atoms with Gasteiger partial charge in [-0.1, -0.05) is 24.6 Å². The Kier molecular flexibility index (Phi) is 5.74. The molecule has 1 rings (SSSR count). The van der Waals surface area contributed by atoms with Crippen molar-refractivity contribution >= 4 is 17.3 Å². The summed E-state index contributed by atoms with van der Waals surface area (Å²) in [6.07, 6.45) is 0.389. The van der Waals surface area contributed by atoms with Crippen LogP contribution in [0.2, 0.25) is 5.02 Å². The van der Waals surface area contributed by atoms with Crippen LogP contribution in [-0.2, 0) is 0 Å². The monoisotopic (exact) mass is 297 g/mol. The van der Waals surface area contributed by atoms with E-state index in [9.17, 15) is 10.1 Å². The lowest BCUT2D eigenvalue weighted by Gasteiger charge is -2.22. The van der Waals surface area contributed by atoms with Crippen LogP contribution in [0, 0.1) is 21.4 Å². The zero-order valence-corrected chi connectivity index (χ0v) is 12.1. The molecule has 108 valence electrons. The average molecular weight is 298 g/mol. The molecule has 1 unspecified atom stereocenters. The summed E-state index contributed by atoms with van der Waals surface area (Å²) in [5.74, 6) is 0.0379. The molecule has 20 heavy (non-hydrogen) atoms. The number of ether oxygens (including phenoxy) is 1. The third-order valence-electron chi connectivity index (χ3n) is 2.81. The largest absolute Gasteiger partial charge is 0.486 e. The minimum Gasteiger partial charge on any atom is -0.486 e.